The third-order valence-corrected chi connectivity index (χ3v) is 2.30. The summed E-state index contributed by atoms with van der Waals surface area (Å²) in [6, 6.07) is 1.15. The Kier molecular flexibility index (Phi) is 5.80. The highest BCUT2D eigenvalue weighted by Crippen LogP contribution is 2.37. The first-order valence-electron chi connectivity index (χ1n) is 6.40. The Bertz CT molecular complexity index is 503. The van der Waals surface area contributed by atoms with Crippen LogP contribution in [0.3, 0.4) is 0 Å². The third-order valence-electron chi connectivity index (χ3n) is 2.30. The minimum Gasteiger partial charge on any atom is -0.493 e. The molecule has 0 unspecified atom stereocenters. The molecule has 0 fully saturated rings. The predicted molar refractivity (Wildman–Crippen MR) is 67.5 cm³/mol. The number of pyridine rings is 1. The van der Waals surface area contributed by atoms with Crippen LogP contribution in [0.4, 0.5) is 13.2 Å². The molecular formula is C13H16F3NO4. The second-order valence-corrected chi connectivity index (χ2v) is 3.77. The summed E-state index contributed by atoms with van der Waals surface area (Å²) < 4.78 is 54.1. The molecule has 0 aliphatic rings. The van der Waals surface area contributed by atoms with Crippen LogP contribution in [-0.2, 0) is 10.9 Å². The van der Waals surface area contributed by atoms with E-state index < -0.39 is 23.4 Å². The van der Waals surface area contributed by atoms with Crippen molar-refractivity contribution in [1.29, 1.82) is 0 Å². The summed E-state index contributed by atoms with van der Waals surface area (Å²) in [6.45, 7) is 4.84. The molecule has 0 aliphatic heterocycles. The Morgan fingerprint density at radius 2 is 1.76 bits per heavy atom. The van der Waals surface area contributed by atoms with E-state index in [9.17, 15) is 18.0 Å². The van der Waals surface area contributed by atoms with Crippen molar-refractivity contribution >= 4 is 5.97 Å². The first-order valence-corrected chi connectivity index (χ1v) is 6.40. The van der Waals surface area contributed by atoms with Crippen LogP contribution in [0.1, 0.15) is 36.8 Å². The van der Waals surface area contributed by atoms with Crippen molar-refractivity contribution < 1.29 is 32.2 Å². The summed E-state index contributed by atoms with van der Waals surface area (Å²) in [7, 11) is 0. The topological polar surface area (TPSA) is 57.7 Å². The van der Waals surface area contributed by atoms with Crippen LogP contribution >= 0.6 is 0 Å². The van der Waals surface area contributed by atoms with Crippen LogP contribution in [-0.4, -0.2) is 30.8 Å². The number of carbonyl (C=O) groups is 1. The number of rotatable bonds is 6. The van der Waals surface area contributed by atoms with E-state index in [1.54, 1.807) is 13.8 Å². The molecule has 0 saturated heterocycles. The first-order chi connectivity index (χ1) is 9.85. The molecule has 0 spiro atoms. The molecule has 0 N–H and O–H groups in total. The van der Waals surface area contributed by atoms with Gasteiger partial charge >= 0.3 is 12.1 Å². The monoisotopic (exact) mass is 307 g/mol. The molecule has 118 valence electrons. The highest BCUT2D eigenvalue weighted by Gasteiger charge is 2.40. The Morgan fingerprint density at radius 1 is 1.14 bits per heavy atom. The van der Waals surface area contributed by atoms with Gasteiger partial charge in [0.2, 0.25) is 5.88 Å². The van der Waals surface area contributed by atoms with E-state index >= 15 is 0 Å². The van der Waals surface area contributed by atoms with Crippen molar-refractivity contribution in [1.82, 2.24) is 4.98 Å². The number of nitrogens with zero attached hydrogens (tertiary/aromatic N) is 1. The molecule has 0 radical (unpaired) electrons. The van der Waals surface area contributed by atoms with Crippen molar-refractivity contribution in [3.05, 3.63) is 17.3 Å². The molecule has 0 aliphatic carbocycles. The Balaban J connectivity index is 3.50. The van der Waals surface area contributed by atoms with E-state index in [0.717, 1.165) is 6.07 Å². The molecule has 0 bridgehead atoms. The lowest BCUT2D eigenvalue weighted by atomic mass is 10.1. The van der Waals surface area contributed by atoms with Crippen LogP contribution in [0.15, 0.2) is 6.07 Å². The molecule has 5 nitrogen and oxygen atoms in total. The second-order valence-electron chi connectivity index (χ2n) is 3.77. The van der Waals surface area contributed by atoms with Gasteiger partial charge in [0.15, 0.2) is 5.69 Å². The highest BCUT2D eigenvalue weighted by molar-refractivity contribution is 5.94. The van der Waals surface area contributed by atoms with Crippen LogP contribution in [0.5, 0.6) is 11.6 Å². The van der Waals surface area contributed by atoms with Crippen LogP contribution in [0.2, 0.25) is 0 Å². The van der Waals surface area contributed by atoms with Gasteiger partial charge in [-0.1, -0.05) is 0 Å². The third kappa shape index (κ3) is 4.24. The maximum atomic E-state index is 13.1. The van der Waals surface area contributed by atoms with Crippen molar-refractivity contribution in [2.75, 3.05) is 19.8 Å². The minimum atomic E-state index is -4.83. The fraction of sp³-hybridized carbons (Fsp3) is 0.538. The lowest BCUT2D eigenvalue weighted by Crippen LogP contribution is -2.19. The zero-order chi connectivity index (χ0) is 16.0. The number of alkyl halides is 3. The molecule has 0 atom stereocenters. The summed E-state index contributed by atoms with van der Waals surface area (Å²) in [5.41, 5.74) is -2.12. The molecule has 0 amide bonds. The quantitative estimate of drug-likeness (QED) is 0.756. The lowest BCUT2D eigenvalue weighted by Gasteiger charge is -2.16. The SMILES string of the molecule is CCOC(=O)c1c(OCC)cc(OCC)nc1C(F)(F)F. The van der Waals surface area contributed by atoms with Gasteiger partial charge in [0.1, 0.15) is 11.3 Å². The van der Waals surface area contributed by atoms with E-state index in [-0.39, 0.29) is 31.5 Å². The highest BCUT2D eigenvalue weighted by atomic mass is 19.4. The Hall–Kier alpha value is -1.99. The fourth-order valence-electron chi connectivity index (χ4n) is 1.60. The molecule has 0 saturated carbocycles. The van der Waals surface area contributed by atoms with Gasteiger partial charge in [-0.3, -0.25) is 0 Å². The van der Waals surface area contributed by atoms with Gasteiger partial charge in [0, 0.05) is 6.07 Å². The van der Waals surface area contributed by atoms with E-state index in [1.165, 1.54) is 6.92 Å². The first kappa shape index (κ1) is 17.1. The summed E-state index contributed by atoms with van der Waals surface area (Å²) in [4.78, 5) is 15.1. The number of esters is 1. The summed E-state index contributed by atoms with van der Waals surface area (Å²) in [5, 5.41) is 0. The number of ether oxygens (including phenoxy) is 3. The summed E-state index contributed by atoms with van der Waals surface area (Å²) >= 11 is 0. The molecule has 1 aromatic heterocycles. The van der Waals surface area contributed by atoms with Gasteiger partial charge in [0.25, 0.3) is 0 Å². The molecule has 8 heteroatoms. The second kappa shape index (κ2) is 7.14. The van der Waals surface area contributed by atoms with Crippen molar-refractivity contribution in [2.45, 2.75) is 26.9 Å². The number of carbonyl (C=O) groups excluding carboxylic acids is 1. The fourth-order valence-corrected chi connectivity index (χ4v) is 1.60. The zero-order valence-electron chi connectivity index (χ0n) is 11.9. The van der Waals surface area contributed by atoms with Gasteiger partial charge in [-0.2, -0.15) is 13.2 Å². The lowest BCUT2D eigenvalue weighted by molar-refractivity contribution is -0.142. The van der Waals surface area contributed by atoms with Gasteiger partial charge in [-0.05, 0) is 20.8 Å². The van der Waals surface area contributed by atoms with E-state index in [0.29, 0.717) is 0 Å². The minimum absolute atomic E-state index is 0.0606. The average molecular weight is 307 g/mol. The molecule has 1 heterocycles. The molecule has 1 rings (SSSR count). The number of hydrogen-bond donors (Lipinski definition) is 0. The van der Waals surface area contributed by atoms with Crippen molar-refractivity contribution in [3.8, 4) is 11.6 Å². The zero-order valence-corrected chi connectivity index (χ0v) is 11.9. The van der Waals surface area contributed by atoms with Crippen LogP contribution in [0, 0.1) is 0 Å². The normalized spacial score (nSPS) is 11.1. The summed E-state index contributed by atoms with van der Waals surface area (Å²) in [6.07, 6.45) is -4.83. The largest absolute Gasteiger partial charge is 0.493 e. The van der Waals surface area contributed by atoms with Gasteiger partial charge in [0.05, 0.1) is 19.8 Å². The van der Waals surface area contributed by atoms with Crippen molar-refractivity contribution in [3.63, 3.8) is 0 Å². The predicted octanol–water partition coefficient (Wildman–Crippen LogP) is 3.07. The smallest absolute Gasteiger partial charge is 0.434 e. The van der Waals surface area contributed by atoms with Crippen LogP contribution < -0.4 is 9.47 Å². The number of aromatic nitrogens is 1. The Morgan fingerprint density at radius 3 is 2.24 bits per heavy atom. The van der Waals surface area contributed by atoms with E-state index in [4.69, 9.17) is 9.47 Å². The summed E-state index contributed by atoms with van der Waals surface area (Å²) in [5.74, 6) is -1.66. The van der Waals surface area contributed by atoms with Gasteiger partial charge in [-0.15, -0.1) is 0 Å². The van der Waals surface area contributed by atoms with Crippen molar-refractivity contribution in [2.24, 2.45) is 0 Å². The van der Waals surface area contributed by atoms with Gasteiger partial charge in [-0.25, -0.2) is 9.78 Å². The van der Waals surface area contributed by atoms with Gasteiger partial charge < -0.3 is 14.2 Å². The maximum absolute atomic E-state index is 13.1. The Labute approximate surface area is 120 Å². The van der Waals surface area contributed by atoms with Crippen LogP contribution in [0.25, 0.3) is 0 Å². The molecule has 21 heavy (non-hydrogen) atoms. The van der Waals surface area contributed by atoms with E-state index in [2.05, 4.69) is 9.72 Å². The molecule has 1 aromatic rings. The molecule has 0 aromatic carbocycles. The number of halogens is 3. The number of hydrogen-bond acceptors (Lipinski definition) is 5. The van der Waals surface area contributed by atoms with E-state index in [1.807, 2.05) is 0 Å². The average Bonchev–Trinajstić information content (AvgIpc) is 2.38. The standard InChI is InChI=1S/C13H16F3NO4/c1-4-19-8-7-9(20-5-2)17-11(13(14,15)16)10(8)12(18)21-6-3/h7H,4-6H2,1-3H3. The molecular weight excluding hydrogens is 291 g/mol. The maximum Gasteiger partial charge on any atom is 0.434 e.